The molecule has 0 spiro atoms. The van der Waals surface area contributed by atoms with E-state index in [0.717, 1.165) is 66.5 Å². The van der Waals surface area contributed by atoms with Crippen molar-refractivity contribution in [3.63, 3.8) is 0 Å². The summed E-state index contributed by atoms with van der Waals surface area (Å²) in [6, 6.07) is 58.7. The van der Waals surface area contributed by atoms with Crippen molar-refractivity contribution in [2.75, 3.05) is 0 Å². The van der Waals surface area contributed by atoms with Crippen LogP contribution in [0.5, 0.6) is 0 Å². The predicted molar refractivity (Wildman–Crippen MR) is 203 cm³/mol. The second-order valence-corrected chi connectivity index (χ2v) is 12.5. The summed E-state index contributed by atoms with van der Waals surface area (Å²) in [6.07, 6.45) is 0. The highest BCUT2D eigenvalue weighted by Crippen LogP contribution is 2.39. The van der Waals surface area contributed by atoms with Crippen LogP contribution in [0.2, 0.25) is 0 Å². The van der Waals surface area contributed by atoms with E-state index in [4.69, 9.17) is 19.4 Å². The van der Waals surface area contributed by atoms with Crippen molar-refractivity contribution in [1.29, 1.82) is 0 Å². The average Bonchev–Trinajstić information content (AvgIpc) is 3.72. The molecule has 7 aromatic carbocycles. The van der Waals surface area contributed by atoms with Crippen LogP contribution in [0.4, 0.5) is 0 Å². The van der Waals surface area contributed by atoms with E-state index in [1.54, 1.807) is 0 Å². The monoisotopic (exact) mass is 640 g/mol. The highest BCUT2D eigenvalue weighted by atomic mass is 16.3. The van der Waals surface area contributed by atoms with Gasteiger partial charge in [0, 0.05) is 43.9 Å². The zero-order valence-electron chi connectivity index (χ0n) is 26.9. The summed E-state index contributed by atoms with van der Waals surface area (Å²) < 4.78 is 8.65. The molecule has 234 valence electrons. The minimum Gasteiger partial charge on any atom is -0.456 e. The van der Waals surface area contributed by atoms with E-state index in [-0.39, 0.29) is 0 Å². The zero-order valence-corrected chi connectivity index (χ0v) is 26.9. The third kappa shape index (κ3) is 4.67. The first kappa shape index (κ1) is 28.2. The number of para-hydroxylation sites is 2. The van der Waals surface area contributed by atoms with Gasteiger partial charge in [0.25, 0.3) is 0 Å². The number of rotatable bonds is 5. The number of benzene rings is 7. The smallest absolute Gasteiger partial charge is 0.164 e. The number of hydrogen-bond acceptors (Lipinski definition) is 4. The molecular formula is C45H28N4O. The van der Waals surface area contributed by atoms with Crippen LogP contribution in [0, 0.1) is 0 Å². The zero-order chi connectivity index (χ0) is 33.0. The van der Waals surface area contributed by atoms with Crippen LogP contribution in [0.25, 0.3) is 94.7 Å². The molecule has 0 aliphatic carbocycles. The summed E-state index contributed by atoms with van der Waals surface area (Å²) in [5.74, 6) is 1.94. The van der Waals surface area contributed by atoms with Gasteiger partial charge in [-0.05, 0) is 47.5 Å². The average molecular weight is 641 g/mol. The number of hydrogen-bond donors (Lipinski definition) is 0. The van der Waals surface area contributed by atoms with E-state index in [2.05, 4.69) is 102 Å². The first-order chi connectivity index (χ1) is 24.8. The molecule has 0 saturated carbocycles. The summed E-state index contributed by atoms with van der Waals surface area (Å²) in [5, 5.41) is 4.61. The summed E-state index contributed by atoms with van der Waals surface area (Å²) in [4.78, 5) is 14.7. The fourth-order valence-corrected chi connectivity index (χ4v) is 7.04. The Labute approximate surface area is 287 Å². The number of fused-ring (bicyclic) bond motifs is 6. The van der Waals surface area contributed by atoms with Gasteiger partial charge in [-0.3, -0.25) is 0 Å². The lowest BCUT2D eigenvalue weighted by atomic mass is 10.0. The van der Waals surface area contributed by atoms with E-state index >= 15 is 0 Å². The maximum Gasteiger partial charge on any atom is 0.164 e. The Hall–Kier alpha value is -6.85. The Morgan fingerprint density at radius 2 is 0.900 bits per heavy atom. The lowest BCUT2D eigenvalue weighted by Gasteiger charge is -2.11. The Morgan fingerprint density at radius 1 is 0.340 bits per heavy atom. The van der Waals surface area contributed by atoms with E-state index in [1.807, 2.05) is 72.8 Å². The molecule has 0 aliphatic heterocycles. The van der Waals surface area contributed by atoms with Crippen LogP contribution in [-0.4, -0.2) is 19.5 Å². The Balaban J connectivity index is 1.07. The van der Waals surface area contributed by atoms with Crippen LogP contribution in [0.1, 0.15) is 0 Å². The molecule has 10 rings (SSSR count). The standard InChI is InChI=1S/C45H28N4O/c1-3-12-30(13-4-1)43-46-44(31-14-5-2-6-15-31)48-45(47-43)32-24-22-29(23-25-32)33-16-11-17-34(26-33)49-39-20-9-7-18-35(39)37-28-42-38(27-40(37)49)36-19-8-10-21-41(36)50-42/h1-28H. The minimum atomic E-state index is 0.640. The van der Waals surface area contributed by atoms with Crippen molar-refractivity contribution >= 4 is 43.7 Å². The molecular weight excluding hydrogens is 613 g/mol. The van der Waals surface area contributed by atoms with Crippen LogP contribution < -0.4 is 0 Å². The van der Waals surface area contributed by atoms with Gasteiger partial charge in [0.2, 0.25) is 0 Å². The second kappa shape index (κ2) is 11.4. The number of aromatic nitrogens is 4. The molecule has 0 amide bonds. The maximum atomic E-state index is 6.28. The van der Waals surface area contributed by atoms with Crippen molar-refractivity contribution in [3.05, 3.63) is 170 Å². The molecule has 50 heavy (non-hydrogen) atoms. The molecule has 0 aliphatic rings. The number of furan rings is 1. The summed E-state index contributed by atoms with van der Waals surface area (Å²) in [5.41, 5.74) is 10.3. The summed E-state index contributed by atoms with van der Waals surface area (Å²) in [7, 11) is 0. The third-order valence-electron chi connectivity index (χ3n) is 9.45. The van der Waals surface area contributed by atoms with Crippen LogP contribution >= 0.6 is 0 Å². The molecule has 0 N–H and O–H groups in total. The molecule has 3 aromatic heterocycles. The lowest BCUT2D eigenvalue weighted by Crippen LogP contribution is -2.00. The predicted octanol–water partition coefficient (Wildman–Crippen LogP) is 11.5. The van der Waals surface area contributed by atoms with Gasteiger partial charge < -0.3 is 8.98 Å². The van der Waals surface area contributed by atoms with Gasteiger partial charge in [-0.1, -0.05) is 133 Å². The molecule has 0 atom stereocenters. The molecule has 0 fully saturated rings. The topological polar surface area (TPSA) is 56.7 Å². The van der Waals surface area contributed by atoms with E-state index < -0.39 is 0 Å². The van der Waals surface area contributed by atoms with Crippen LogP contribution in [0.15, 0.2) is 174 Å². The largest absolute Gasteiger partial charge is 0.456 e. The van der Waals surface area contributed by atoms with Crippen molar-refractivity contribution in [2.45, 2.75) is 0 Å². The SMILES string of the molecule is c1ccc(-c2nc(-c3ccccc3)nc(-c3ccc(-c4cccc(-n5c6ccccc6c6cc7oc8ccccc8c7cc65)c4)cc3)n2)cc1. The van der Waals surface area contributed by atoms with Gasteiger partial charge in [0.15, 0.2) is 17.5 Å². The first-order valence-corrected chi connectivity index (χ1v) is 16.7. The van der Waals surface area contributed by atoms with Crippen molar-refractivity contribution in [3.8, 4) is 51.0 Å². The summed E-state index contributed by atoms with van der Waals surface area (Å²) >= 11 is 0. The normalized spacial score (nSPS) is 11.6. The van der Waals surface area contributed by atoms with Crippen molar-refractivity contribution in [2.24, 2.45) is 0 Å². The Morgan fingerprint density at radius 3 is 1.60 bits per heavy atom. The lowest BCUT2D eigenvalue weighted by molar-refractivity contribution is 0.669. The minimum absolute atomic E-state index is 0.640. The quantitative estimate of drug-likeness (QED) is 0.188. The highest BCUT2D eigenvalue weighted by molar-refractivity contribution is 6.17. The fourth-order valence-electron chi connectivity index (χ4n) is 7.04. The van der Waals surface area contributed by atoms with Gasteiger partial charge in [0.05, 0.1) is 11.0 Å². The van der Waals surface area contributed by atoms with Crippen molar-refractivity contribution < 1.29 is 4.42 Å². The molecule has 5 nitrogen and oxygen atoms in total. The molecule has 5 heteroatoms. The van der Waals surface area contributed by atoms with Gasteiger partial charge in [-0.2, -0.15) is 0 Å². The third-order valence-corrected chi connectivity index (χ3v) is 9.45. The van der Waals surface area contributed by atoms with Gasteiger partial charge in [-0.25, -0.2) is 15.0 Å². The molecule has 0 unspecified atom stereocenters. The molecule has 0 saturated heterocycles. The van der Waals surface area contributed by atoms with Gasteiger partial charge in [0.1, 0.15) is 11.2 Å². The molecule has 3 heterocycles. The maximum absolute atomic E-state index is 6.28. The molecule has 0 radical (unpaired) electrons. The summed E-state index contributed by atoms with van der Waals surface area (Å²) in [6.45, 7) is 0. The van der Waals surface area contributed by atoms with Crippen LogP contribution in [0.3, 0.4) is 0 Å². The Kier molecular flexibility index (Phi) is 6.42. The van der Waals surface area contributed by atoms with Gasteiger partial charge in [-0.15, -0.1) is 0 Å². The van der Waals surface area contributed by atoms with E-state index in [9.17, 15) is 0 Å². The van der Waals surface area contributed by atoms with Crippen molar-refractivity contribution in [1.82, 2.24) is 19.5 Å². The van der Waals surface area contributed by atoms with Crippen LogP contribution in [-0.2, 0) is 0 Å². The van der Waals surface area contributed by atoms with Gasteiger partial charge >= 0.3 is 0 Å². The molecule has 0 bridgehead atoms. The fraction of sp³-hybridized carbons (Fsp3) is 0. The Bertz CT molecular complexity index is 2800. The van der Waals surface area contributed by atoms with E-state index in [1.165, 1.54) is 10.8 Å². The number of nitrogens with zero attached hydrogens (tertiary/aromatic N) is 4. The molecule has 10 aromatic rings. The first-order valence-electron chi connectivity index (χ1n) is 16.7. The highest BCUT2D eigenvalue weighted by Gasteiger charge is 2.17. The van der Waals surface area contributed by atoms with E-state index in [0.29, 0.717) is 17.5 Å². The second-order valence-electron chi connectivity index (χ2n) is 12.5.